The number of hydrogen-bond acceptors (Lipinski definition) is 1. The van der Waals surface area contributed by atoms with Crippen molar-refractivity contribution in [3.8, 4) is 0 Å². The molecule has 0 heterocycles. The Morgan fingerprint density at radius 3 is 1.69 bits per heavy atom. The first-order chi connectivity index (χ1) is 7.69. The van der Waals surface area contributed by atoms with Gasteiger partial charge in [0.25, 0.3) is 0 Å². The summed E-state index contributed by atoms with van der Waals surface area (Å²) in [6.45, 7) is 7.62. The first-order valence-electron chi connectivity index (χ1n) is 6.05. The standard InChI is InChI=1S/C12H14.C3H9N/c1-9-7-11-5-3-4-6-12(11)8-10(9)2;1-3-4-2/h3-6H,7-8H2,1-2H3;4H,3H2,1-2H3. The fraction of sp³-hybridized carbons (Fsp3) is 0.467. The molecule has 0 saturated heterocycles. The smallest absolute Gasteiger partial charge is 0.00643 e. The SMILES string of the molecule is CC1=C(C)Cc2ccccc2C1.CCNC. The van der Waals surface area contributed by atoms with Crippen LogP contribution in [0.25, 0.3) is 0 Å². The molecule has 0 saturated carbocycles. The predicted octanol–water partition coefficient (Wildman–Crippen LogP) is 3.35. The number of benzene rings is 1. The lowest BCUT2D eigenvalue weighted by atomic mass is 9.88. The molecule has 2 rings (SSSR count). The van der Waals surface area contributed by atoms with Gasteiger partial charge in [-0.15, -0.1) is 0 Å². The van der Waals surface area contributed by atoms with Crippen molar-refractivity contribution >= 4 is 0 Å². The third kappa shape index (κ3) is 3.49. The molecule has 16 heavy (non-hydrogen) atoms. The van der Waals surface area contributed by atoms with Crippen molar-refractivity contribution in [2.75, 3.05) is 13.6 Å². The molecular weight excluding hydrogens is 194 g/mol. The molecular formula is C15H23N. The number of fused-ring (bicyclic) bond motifs is 1. The van der Waals surface area contributed by atoms with E-state index in [1.54, 1.807) is 11.1 Å². The first-order valence-corrected chi connectivity index (χ1v) is 6.05. The van der Waals surface area contributed by atoms with E-state index in [0.29, 0.717) is 0 Å². The lowest BCUT2D eigenvalue weighted by Crippen LogP contribution is -2.04. The van der Waals surface area contributed by atoms with Crippen molar-refractivity contribution in [1.29, 1.82) is 0 Å². The molecule has 0 bridgehead atoms. The summed E-state index contributed by atoms with van der Waals surface area (Å²) in [5.41, 5.74) is 6.13. The highest BCUT2D eigenvalue weighted by atomic mass is 14.8. The first kappa shape index (κ1) is 13.0. The number of rotatable bonds is 1. The summed E-state index contributed by atoms with van der Waals surface area (Å²) in [6, 6.07) is 8.75. The highest BCUT2D eigenvalue weighted by molar-refractivity contribution is 5.39. The summed E-state index contributed by atoms with van der Waals surface area (Å²) in [5, 5.41) is 2.93. The average molecular weight is 217 g/mol. The van der Waals surface area contributed by atoms with E-state index in [0.717, 1.165) is 19.4 Å². The summed E-state index contributed by atoms with van der Waals surface area (Å²) in [7, 11) is 1.93. The van der Waals surface area contributed by atoms with Gasteiger partial charge >= 0.3 is 0 Å². The second-order valence-electron chi connectivity index (χ2n) is 4.39. The zero-order chi connectivity index (χ0) is 12.0. The van der Waals surface area contributed by atoms with Crippen LogP contribution in [0.5, 0.6) is 0 Å². The molecule has 0 unspecified atom stereocenters. The van der Waals surface area contributed by atoms with E-state index in [9.17, 15) is 0 Å². The molecule has 88 valence electrons. The zero-order valence-corrected chi connectivity index (χ0v) is 10.9. The fourth-order valence-corrected chi connectivity index (χ4v) is 1.78. The minimum Gasteiger partial charge on any atom is -0.320 e. The molecule has 1 aliphatic rings. The topological polar surface area (TPSA) is 12.0 Å². The van der Waals surface area contributed by atoms with Crippen LogP contribution in [0.4, 0.5) is 0 Å². The molecule has 0 fully saturated rings. The van der Waals surface area contributed by atoms with Crippen molar-refractivity contribution in [3.63, 3.8) is 0 Å². The second-order valence-corrected chi connectivity index (χ2v) is 4.39. The summed E-state index contributed by atoms with van der Waals surface area (Å²) >= 11 is 0. The van der Waals surface area contributed by atoms with E-state index in [2.05, 4.69) is 50.4 Å². The van der Waals surface area contributed by atoms with Crippen molar-refractivity contribution in [1.82, 2.24) is 5.32 Å². The normalized spacial score (nSPS) is 14.0. The van der Waals surface area contributed by atoms with Crippen molar-refractivity contribution < 1.29 is 0 Å². The molecule has 1 aliphatic carbocycles. The third-order valence-electron chi connectivity index (χ3n) is 3.11. The summed E-state index contributed by atoms with van der Waals surface area (Å²) in [5.74, 6) is 0. The minimum absolute atomic E-state index is 1.07. The predicted molar refractivity (Wildman–Crippen MR) is 71.8 cm³/mol. The highest BCUT2D eigenvalue weighted by Crippen LogP contribution is 2.24. The molecule has 0 aromatic heterocycles. The van der Waals surface area contributed by atoms with E-state index < -0.39 is 0 Å². The van der Waals surface area contributed by atoms with Gasteiger partial charge in [0.15, 0.2) is 0 Å². The van der Waals surface area contributed by atoms with E-state index in [1.807, 2.05) is 7.05 Å². The fourth-order valence-electron chi connectivity index (χ4n) is 1.78. The highest BCUT2D eigenvalue weighted by Gasteiger charge is 2.10. The van der Waals surface area contributed by atoms with Crippen LogP contribution >= 0.6 is 0 Å². The molecule has 0 spiro atoms. The van der Waals surface area contributed by atoms with Crippen LogP contribution in [0.1, 0.15) is 31.9 Å². The Balaban J connectivity index is 0.000000280. The van der Waals surface area contributed by atoms with Gasteiger partial charge in [-0.1, -0.05) is 42.3 Å². The van der Waals surface area contributed by atoms with Crippen LogP contribution in [-0.4, -0.2) is 13.6 Å². The minimum atomic E-state index is 1.07. The van der Waals surface area contributed by atoms with E-state index in [-0.39, 0.29) is 0 Å². The Morgan fingerprint density at radius 1 is 1.00 bits per heavy atom. The summed E-state index contributed by atoms with van der Waals surface area (Å²) in [6.07, 6.45) is 2.31. The molecule has 1 nitrogen and oxygen atoms in total. The van der Waals surface area contributed by atoms with Gasteiger partial charge in [0.2, 0.25) is 0 Å². The molecule has 1 N–H and O–H groups in total. The van der Waals surface area contributed by atoms with E-state index >= 15 is 0 Å². The molecule has 1 heteroatoms. The average Bonchev–Trinajstić information content (AvgIpc) is 2.31. The molecule has 0 radical (unpaired) electrons. The van der Waals surface area contributed by atoms with E-state index in [4.69, 9.17) is 0 Å². The summed E-state index contributed by atoms with van der Waals surface area (Å²) in [4.78, 5) is 0. The lowest BCUT2D eigenvalue weighted by Gasteiger charge is -2.18. The van der Waals surface area contributed by atoms with Gasteiger partial charge in [0.05, 0.1) is 0 Å². The van der Waals surface area contributed by atoms with Crippen molar-refractivity contribution in [3.05, 3.63) is 46.5 Å². The van der Waals surface area contributed by atoms with Gasteiger partial charge in [0, 0.05) is 0 Å². The van der Waals surface area contributed by atoms with Crippen LogP contribution in [0.3, 0.4) is 0 Å². The van der Waals surface area contributed by atoms with Crippen LogP contribution in [0.2, 0.25) is 0 Å². The molecule has 1 aromatic rings. The van der Waals surface area contributed by atoms with Crippen LogP contribution < -0.4 is 5.32 Å². The largest absolute Gasteiger partial charge is 0.320 e. The maximum atomic E-state index is 2.93. The molecule has 0 amide bonds. The Morgan fingerprint density at radius 2 is 1.38 bits per heavy atom. The van der Waals surface area contributed by atoms with Gasteiger partial charge in [-0.3, -0.25) is 0 Å². The van der Waals surface area contributed by atoms with Crippen LogP contribution in [-0.2, 0) is 12.8 Å². The van der Waals surface area contributed by atoms with Crippen molar-refractivity contribution in [2.45, 2.75) is 33.6 Å². The molecule has 0 aliphatic heterocycles. The summed E-state index contributed by atoms with van der Waals surface area (Å²) < 4.78 is 0. The molecule has 1 aromatic carbocycles. The van der Waals surface area contributed by atoms with E-state index in [1.165, 1.54) is 11.1 Å². The van der Waals surface area contributed by atoms with Gasteiger partial charge < -0.3 is 5.32 Å². The van der Waals surface area contributed by atoms with Gasteiger partial charge in [0.1, 0.15) is 0 Å². The Hall–Kier alpha value is -1.08. The van der Waals surface area contributed by atoms with Gasteiger partial charge in [-0.25, -0.2) is 0 Å². The monoisotopic (exact) mass is 217 g/mol. The van der Waals surface area contributed by atoms with Gasteiger partial charge in [-0.05, 0) is 51.4 Å². The molecule has 0 atom stereocenters. The number of allylic oxidation sites excluding steroid dienone is 2. The maximum absolute atomic E-state index is 2.93. The number of nitrogens with one attached hydrogen (secondary N) is 1. The van der Waals surface area contributed by atoms with Crippen LogP contribution in [0, 0.1) is 0 Å². The Labute approximate surface area is 99.6 Å². The quantitative estimate of drug-likeness (QED) is 0.711. The number of hydrogen-bond donors (Lipinski definition) is 1. The Bertz CT molecular complexity index is 328. The maximum Gasteiger partial charge on any atom is -0.00643 e. The lowest BCUT2D eigenvalue weighted by molar-refractivity contribution is 0.864. The Kier molecular flexibility index (Phi) is 5.27. The van der Waals surface area contributed by atoms with Gasteiger partial charge in [-0.2, -0.15) is 0 Å². The van der Waals surface area contributed by atoms with Crippen LogP contribution in [0.15, 0.2) is 35.4 Å². The van der Waals surface area contributed by atoms with Crippen molar-refractivity contribution in [2.24, 2.45) is 0 Å². The zero-order valence-electron chi connectivity index (χ0n) is 10.9. The second kappa shape index (κ2) is 6.49. The third-order valence-corrected chi connectivity index (χ3v) is 3.11.